The van der Waals surface area contributed by atoms with E-state index in [0.717, 1.165) is 19.5 Å². The SMILES string of the molecule is COc1cccc(NC(=O)N[C@H]2CN(Cc3ccccc3)CC[C@@H]2CO)c1. The second kappa shape index (κ2) is 9.39. The largest absolute Gasteiger partial charge is 0.497 e. The number of aliphatic hydroxyl groups is 1. The number of urea groups is 1. The third-order valence-corrected chi connectivity index (χ3v) is 4.97. The molecule has 0 saturated carbocycles. The fourth-order valence-electron chi connectivity index (χ4n) is 3.47. The number of methoxy groups -OCH3 is 1. The highest BCUT2D eigenvalue weighted by Gasteiger charge is 2.30. The first-order chi connectivity index (χ1) is 13.2. The Morgan fingerprint density at radius 1 is 1.22 bits per heavy atom. The maximum atomic E-state index is 12.4. The summed E-state index contributed by atoms with van der Waals surface area (Å²) in [4.78, 5) is 14.8. The zero-order valence-corrected chi connectivity index (χ0v) is 15.6. The van der Waals surface area contributed by atoms with E-state index >= 15 is 0 Å². The molecule has 0 unspecified atom stereocenters. The Kier molecular flexibility index (Phi) is 6.68. The Balaban J connectivity index is 1.59. The van der Waals surface area contributed by atoms with Crippen LogP contribution in [0.3, 0.4) is 0 Å². The number of hydrogen-bond acceptors (Lipinski definition) is 4. The molecule has 3 rings (SSSR count). The van der Waals surface area contributed by atoms with Gasteiger partial charge in [0.1, 0.15) is 5.75 Å². The van der Waals surface area contributed by atoms with Crippen LogP contribution < -0.4 is 15.4 Å². The van der Waals surface area contributed by atoms with E-state index in [0.29, 0.717) is 18.0 Å². The molecule has 0 bridgehead atoms. The quantitative estimate of drug-likeness (QED) is 0.732. The fourth-order valence-corrected chi connectivity index (χ4v) is 3.47. The van der Waals surface area contributed by atoms with Crippen LogP contribution in [0.1, 0.15) is 12.0 Å². The van der Waals surface area contributed by atoms with E-state index in [2.05, 4.69) is 27.7 Å². The average molecular weight is 369 g/mol. The maximum Gasteiger partial charge on any atom is 0.319 e. The number of carbonyl (C=O) groups is 1. The Morgan fingerprint density at radius 2 is 2.04 bits per heavy atom. The van der Waals surface area contributed by atoms with Gasteiger partial charge in [-0.1, -0.05) is 36.4 Å². The lowest BCUT2D eigenvalue weighted by molar-refractivity contribution is 0.0958. The van der Waals surface area contributed by atoms with Crippen LogP contribution in [0.25, 0.3) is 0 Å². The summed E-state index contributed by atoms with van der Waals surface area (Å²) in [5.41, 5.74) is 1.92. The van der Waals surface area contributed by atoms with Crippen molar-refractivity contribution >= 4 is 11.7 Å². The number of hydrogen-bond donors (Lipinski definition) is 3. The van der Waals surface area contributed by atoms with Crippen molar-refractivity contribution in [1.29, 1.82) is 0 Å². The molecule has 0 spiro atoms. The highest BCUT2D eigenvalue weighted by Crippen LogP contribution is 2.20. The van der Waals surface area contributed by atoms with E-state index in [1.54, 1.807) is 13.2 Å². The lowest BCUT2D eigenvalue weighted by atomic mass is 9.92. The minimum absolute atomic E-state index is 0.0630. The molecule has 1 heterocycles. The third kappa shape index (κ3) is 5.45. The predicted octanol–water partition coefficient (Wildman–Crippen LogP) is 2.70. The lowest BCUT2D eigenvalue weighted by Crippen LogP contribution is -2.54. The molecule has 0 radical (unpaired) electrons. The first kappa shape index (κ1) is 19.2. The van der Waals surface area contributed by atoms with Crippen molar-refractivity contribution in [2.24, 2.45) is 5.92 Å². The number of carbonyl (C=O) groups excluding carboxylic acids is 1. The first-order valence-corrected chi connectivity index (χ1v) is 9.26. The number of amides is 2. The standard InChI is InChI=1S/C21H27N3O3/c1-27-19-9-5-8-18(12-19)22-21(26)23-20-14-24(11-10-17(20)15-25)13-16-6-3-2-4-7-16/h2-9,12,17,20,25H,10-11,13-15H2,1H3,(H2,22,23,26)/t17-,20+/m1/s1. The van der Waals surface area contributed by atoms with Crippen LogP contribution in [0.4, 0.5) is 10.5 Å². The Hall–Kier alpha value is -2.57. The molecular formula is C21H27N3O3. The van der Waals surface area contributed by atoms with Gasteiger partial charge >= 0.3 is 6.03 Å². The number of nitrogens with one attached hydrogen (secondary N) is 2. The van der Waals surface area contributed by atoms with E-state index < -0.39 is 0 Å². The summed E-state index contributed by atoms with van der Waals surface area (Å²) in [6.45, 7) is 2.54. The molecule has 2 atom stereocenters. The van der Waals surface area contributed by atoms with Gasteiger partial charge < -0.3 is 20.5 Å². The molecular weight excluding hydrogens is 342 g/mol. The number of benzene rings is 2. The molecule has 27 heavy (non-hydrogen) atoms. The molecule has 2 aromatic rings. The molecule has 6 heteroatoms. The van der Waals surface area contributed by atoms with Crippen molar-refractivity contribution < 1.29 is 14.6 Å². The van der Waals surface area contributed by atoms with Gasteiger partial charge in [-0.05, 0) is 30.7 Å². The Bertz CT molecular complexity index is 738. The minimum Gasteiger partial charge on any atom is -0.497 e. The summed E-state index contributed by atoms with van der Waals surface area (Å²) in [7, 11) is 1.59. The molecule has 1 saturated heterocycles. The molecule has 1 aliphatic rings. The van der Waals surface area contributed by atoms with Crippen LogP contribution in [-0.4, -0.2) is 48.9 Å². The predicted molar refractivity (Wildman–Crippen MR) is 106 cm³/mol. The summed E-state index contributed by atoms with van der Waals surface area (Å²) in [6, 6.07) is 17.2. The Labute approximate surface area is 160 Å². The van der Waals surface area contributed by atoms with E-state index in [4.69, 9.17) is 4.74 Å². The molecule has 144 valence electrons. The van der Waals surface area contributed by atoms with Crippen molar-refractivity contribution in [2.75, 3.05) is 32.1 Å². The average Bonchev–Trinajstić information content (AvgIpc) is 2.69. The van der Waals surface area contributed by atoms with Gasteiger partial charge in [-0.2, -0.15) is 0 Å². The summed E-state index contributed by atoms with van der Waals surface area (Å²) in [6.07, 6.45) is 0.855. The van der Waals surface area contributed by atoms with Gasteiger partial charge in [0.2, 0.25) is 0 Å². The molecule has 2 aromatic carbocycles. The van der Waals surface area contributed by atoms with Crippen LogP contribution in [0, 0.1) is 5.92 Å². The van der Waals surface area contributed by atoms with Gasteiger partial charge in [0.05, 0.1) is 7.11 Å². The second-order valence-corrected chi connectivity index (χ2v) is 6.89. The smallest absolute Gasteiger partial charge is 0.319 e. The van der Waals surface area contributed by atoms with Crippen LogP contribution >= 0.6 is 0 Å². The second-order valence-electron chi connectivity index (χ2n) is 6.89. The van der Waals surface area contributed by atoms with Gasteiger partial charge in [0.25, 0.3) is 0 Å². The zero-order chi connectivity index (χ0) is 19.1. The van der Waals surface area contributed by atoms with Gasteiger partial charge in [-0.15, -0.1) is 0 Å². The molecule has 1 fully saturated rings. The van der Waals surface area contributed by atoms with Gasteiger partial charge in [-0.25, -0.2) is 4.79 Å². The van der Waals surface area contributed by atoms with E-state index in [1.807, 2.05) is 36.4 Å². The lowest BCUT2D eigenvalue weighted by Gasteiger charge is -2.38. The summed E-state index contributed by atoms with van der Waals surface area (Å²) in [5, 5.41) is 15.6. The minimum atomic E-state index is -0.270. The normalized spacial score (nSPS) is 20.1. The van der Waals surface area contributed by atoms with Crippen LogP contribution in [0.5, 0.6) is 5.75 Å². The van der Waals surface area contributed by atoms with Crippen molar-refractivity contribution in [3.8, 4) is 5.75 Å². The van der Waals surface area contributed by atoms with Crippen molar-refractivity contribution in [3.63, 3.8) is 0 Å². The molecule has 2 amide bonds. The van der Waals surface area contributed by atoms with Crippen LogP contribution in [0.15, 0.2) is 54.6 Å². The number of ether oxygens (including phenoxy) is 1. The number of aliphatic hydroxyl groups excluding tert-OH is 1. The van der Waals surface area contributed by atoms with Crippen LogP contribution in [0.2, 0.25) is 0 Å². The molecule has 0 aromatic heterocycles. The number of piperidine rings is 1. The van der Waals surface area contributed by atoms with Gasteiger partial charge in [-0.3, -0.25) is 4.90 Å². The highest BCUT2D eigenvalue weighted by molar-refractivity contribution is 5.89. The zero-order valence-electron chi connectivity index (χ0n) is 15.6. The number of likely N-dealkylation sites (tertiary alicyclic amines) is 1. The monoisotopic (exact) mass is 369 g/mol. The van der Waals surface area contributed by atoms with E-state index in [-0.39, 0.29) is 24.6 Å². The van der Waals surface area contributed by atoms with E-state index in [1.165, 1.54) is 5.56 Å². The first-order valence-electron chi connectivity index (χ1n) is 9.26. The highest BCUT2D eigenvalue weighted by atomic mass is 16.5. The maximum absolute atomic E-state index is 12.4. The molecule has 0 aliphatic carbocycles. The Morgan fingerprint density at radius 3 is 2.78 bits per heavy atom. The fraction of sp³-hybridized carbons (Fsp3) is 0.381. The van der Waals surface area contributed by atoms with Crippen LogP contribution in [-0.2, 0) is 6.54 Å². The topological polar surface area (TPSA) is 73.8 Å². The third-order valence-electron chi connectivity index (χ3n) is 4.97. The van der Waals surface area contributed by atoms with Crippen molar-refractivity contribution in [1.82, 2.24) is 10.2 Å². The number of nitrogens with zero attached hydrogens (tertiary/aromatic N) is 1. The number of rotatable bonds is 6. The molecule has 3 N–H and O–H groups in total. The number of anilines is 1. The van der Waals surface area contributed by atoms with Gasteiger partial charge in [0.15, 0.2) is 0 Å². The molecule has 1 aliphatic heterocycles. The summed E-state index contributed by atoms with van der Waals surface area (Å²) >= 11 is 0. The summed E-state index contributed by atoms with van der Waals surface area (Å²) in [5.74, 6) is 0.751. The van der Waals surface area contributed by atoms with Crippen molar-refractivity contribution in [2.45, 2.75) is 19.0 Å². The van der Waals surface area contributed by atoms with Crippen molar-refractivity contribution in [3.05, 3.63) is 60.2 Å². The van der Waals surface area contributed by atoms with Gasteiger partial charge in [0, 0.05) is 43.4 Å². The summed E-state index contributed by atoms with van der Waals surface area (Å²) < 4.78 is 5.18. The molecule has 6 nitrogen and oxygen atoms in total. The van der Waals surface area contributed by atoms with E-state index in [9.17, 15) is 9.90 Å².